The van der Waals surface area contributed by atoms with Gasteiger partial charge in [-0.3, -0.25) is 19.9 Å². The first-order valence-corrected chi connectivity index (χ1v) is 15.2. The third-order valence-electron chi connectivity index (χ3n) is 7.11. The van der Waals surface area contributed by atoms with Gasteiger partial charge in [-0.05, 0) is 73.7 Å². The van der Waals surface area contributed by atoms with E-state index in [-0.39, 0.29) is 24.5 Å². The number of methoxy groups -OCH3 is 1. The Morgan fingerprint density at radius 2 is 1.72 bits per heavy atom. The number of nitro groups is 1. The third-order valence-corrected chi connectivity index (χ3v) is 7.11. The first kappa shape index (κ1) is 36.0. The summed E-state index contributed by atoms with van der Waals surface area (Å²) in [5.41, 5.74) is -0.503. The lowest BCUT2D eigenvalue weighted by atomic mass is 10.1. The Morgan fingerprint density at radius 3 is 2.30 bits per heavy atom. The van der Waals surface area contributed by atoms with Gasteiger partial charge in [-0.1, -0.05) is 18.2 Å². The highest BCUT2D eigenvalue weighted by Gasteiger charge is 2.46. The molecule has 1 aromatic carbocycles. The normalized spacial score (nSPS) is 16.5. The van der Waals surface area contributed by atoms with Crippen LogP contribution in [0.4, 0.5) is 26.8 Å². The van der Waals surface area contributed by atoms with E-state index in [4.69, 9.17) is 19.2 Å². The highest BCUT2D eigenvalue weighted by Crippen LogP contribution is 2.38. The molecule has 2 heterocycles. The Labute approximate surface area is 270 Å². The maximum absolute atomic E-state index is 13.8. The Bertz CT molecular complexity index is 1420. The van der Waals surface area contributed by atoms with Crippen LogP contribution in [0.1, 0.15) is 54.4 Å². The number of anilines is 2. The van der Waals surface area contributed by atoms with Crippen molar-refractivity contribution in [2.24, 2.45) is 0 Å². The zero-order chi connectivity index (χ0) is 34.4. The number of rotatable bonds is 10. The second-order valence-electron chi connectivity index (χ2n) is 13.1. The topological polar surface area (TPSA) is 157 Å². The summed E-state index contributed by atoms with van der Waals surface area (Å²) in [7, 11) is 4.85. The molecule has 46 heavy (non-hydrogen) atoms. The fourth-order valence-electron chi connectivity index (χ4n) is 5.22. The third kappa shape index (κ3) is 9.05. The summed E-state index contributed by atoms with van der Waals surface area (Å²) in [5.74, 6) is -0.469. The van der Waals surface area contributed by atoms with E-state index in [0.717, 1.165) is 13.0 Å². The van der Waals surface area contributed by atoms with Gasteiger partial charge < -0.3 is 24.4 Å². The number of esters is 1. The molecule has 1 aliphatic heterocycles. The van der Waals surface area contributed by atoms with Crippen molar-refractivity contribution in [2.45, 2.75) is 77.7 Å². The highest BCUT2D eigenvalue weighted by atomic mass is 16.6. The fourth-order valence-corrected chi connectivity index (χ4v) is 5.22. The minimum absolute atomic E-state index is 0.0350. The number of carbonyl (C=O) groups excluding carboxylic acids is 3. The second kappa shape index (κ2) is 14.8. The molecule has 0 saturated carbocycles. The van der Waals surface area contributed by atoms with Crippen LogP contribution in [-0.2, 0) is 19.0 Å². The van der Waals surface area contributed by atoms with E-state index in [2.05, 4.69) is 5.32 Å². The van der Waals surface area contributed by atoms with Crippen LogP contribution in [0, 0.1) is 10.1 Å². The van der Waals surface area contributed by atoms with E-state index in [0.29, 0.717) is 23.5 Å². The number of para-hydroxylation sites is 1. The molecule has 1 saturated heterocycles. The van der Waals surface area contributed by atoms with Crippen molar-refractivity contribution >= 4 is 35.3 Å². The molecule has 2 atom stereocenters. The van der Waals surface area contributed by atoms with Gasteiger partial charge in [-0.25, -0.2) is 19.4 Å². The van der Waals surface area contributed by atoms with Crippen LogP contribution in [0.25, 0.3) is 11.3 Å². The van der Waals surface area contributed by atoms with E-state index >= 15 is 0 Å². The summed E-state index contributed by atoms with van der Waals surface area (Å²) in [6.07, 6.45) is -0.679. The van der Waals surface area contributed by atoms with E-state index in [9.17, 15) is 24.5 Å². The SMILES string of the molecule is CNCCCN(C)c1c(-c2cccc(N(C(=O)OC(C)(C)C)[C@H]3C[C@@H](C(=O)OC)N(C(=O)OC(C)(C)C)C3)n2)cccc1[N+](=O)[O-]. The number of nitrogens with zero attached hydrogens (tertiary/aromatic N) is 5. The first-order chi connectivity index (χ1) is 21.5. The zero-order valence-electron chi connectivity index (χ0n) is 28.2. The Balaban J connectivity index is 2.13. The molecule has 3 rings (SSSR count). The van der Waals surface area contributed by atoms with Gasteiger partial charge in [0.25, 0.3) is 5.69 Å². The highest BCUT2D eigenvalue weighted by molar-refractivity contribution is 5.90. The number of ether oxygens (including phenoxy) is 3. The quantitative estimate of drug-likeness (QED) is 0.122. The molecule has 2 aromatic rings. The molecule has 0 aliphatic carbocycles. The van der Waals surface area contributed by atoms with Gasteiger partial charge in [0.1, 0.15) is 28.7 Å². The summed E-state index contributed by atoms with van der Waals surface area (Å²) in [4.78, 5) is 60.7. The summed E-state index contributed by atoms with van der Waals surface area (Å²) in [6, 6.07) is 8.03. The molecule has 2 amide bonds. The number of benzene rings is 1. The molecule has 1 aliphatic rings. The number of nitro benzene ring substituents is 1. The average molecular weight is 643 g/mol. The minimum atomic E-state index is -1.02. The molecule has 14 heteroatoms. The van der Waals surface area contributed by atoms with Crippen molar-refractivity contribution in [3.05, 3.63) is 46.5 Å². The van der Waals surface area contributed by atoms with Gasteiger partial charge in [0, 0.05) is 38.2 Å². The molecule has 1 N–H and O–H groups in total. The molecule has 0 spiro atoms. The standard InChI is InChI=1S/C32H46N6O8/c1-31(2,3)45-29(40)36-20-21(19-25(36)28(39)44-9)37(30(41)46-32(4,5)6)26-16-11-14-23(34-26)22-13-10-15-24(38(42)43)27(22)35(8)18-12-17-33-7/h10-11,13-16,21,25,33H,12,17-20H2,1-9H3/t21-,25-/m0/s1. The van der Waals surface area contributed by atoms with E-state index in [1.54, 1.807) is 78.9 Å². The number of pyridine rings is 1. The number of likely N-dealkylation sites (tertiary alicyclic amines) is 1. The summed E-state index contributed by atoms with van der Waals surface area (Å²) in [5, 5.41) is 15.2. The van der Waals surface area contributed by atoms with Gasteiger partial charge in [-0.2, -0.15) is 0 Å². The van der Waals surface area contributed by atoms with Crippen LogP contribution in [-0.4, -0.2) is 97.1 Å². The van der Waals surface area contributed by atoms with Crippen LogP contribution in [0.15, 0.2) is 36.4 Å². The van der Waals surface area contributed by atoms with Crippen molar-refractivity contribution in [1.29, 1.82) is 0 Å². The zero-order valence-corrected chi connectivity index (χ0v) is 28.2. The summed E-state index contributed by atoms with van der Waals surface area (Å²) >= 11 is 0. The van der Waals surface area contributed by atoms with Crippen LogP contribution >= 0.6 is 0 Å². The van der Waals surface area contributed by atoms with Crippen molar-refractivity contribution < 1.29 is 33.5 Å². The van der Waals surface area contributed by atoms with Gasteiger partial charge in [-0.15, -0.1) is 0 Å². The minimum Gasteiger partial charge on any atom is -0.467 e. The van der Waals surface area contributed by atoms with Gasteiger partial charge in [0.2, 0.25) is 0 Å². The lowest BCUT2D eigenvalue weighted by Gasteiger charge is -2.31. The Morgan fingerprint density at radius 1 is 1.07 bits per heavy atom. The van der Waals surface area contributed by atoms with E-state index in [1.165, 1.54) is 23.0 Å². The number of carbonyl (C=O) groups is 3. The molecule has 252 valence electrons. The van der Waals surface area contributed by atoms with Gasteiger partial charge >= 0.3 is 18.2 Å². The smallest absolute Gasteiger partial charge is 0.416 e. The predicted molar refractivity (Wildman–Crippen MR) is 174 cm³/mol. The fraction of sp³-hybridized carbons (Fsp3) is 0.562. The lowest BCUT2D eigenvalue weighted by molar-refractivity contribution is -0.384. The molecule has 14 nitrogen and oxygen atoms in total. The molecule has 1 fully saturated rings. The molecular weight excluding hydrogens is 596 g/mol. The number of nitrogens with one attached hydrogen (secondary N) is 1. The maximum Gasteiger partial charge on any atom is 0.416 e. The van der Waals surface area contributed by atoms with E-state index in [1.807, 2.05) is 11.9 Å². The first-order valence-electron chi connectivity index (χ1n) is 15.2. The molecular formula is C32H46N6O8. The predicted octanol–water partition coefficient (Wildman–Crippen LogP) is 5.00. The van der Waals surface area contributed by atoms with Crippen LogP contribution < -0.4 is 15.1 Å². The van der Waals surface area contributed by atoms with Crippen molar-refractivity contribution in [3.63, 3.8) is 0 Å². The molecule has 0 bridgehead atoms. The van der Waals surface area contributed by atoms with Crippen LogP contribution in [0.3, 0.4) is 0 Å². The molecule has 1 aromatic heterocycles. The van der Waals surface area contributed by atoms with Crippen molar-refractivity contribution in [2.75, 3.05) is 50.6 Å². The largest absolute Gasteiger partial charge is 0.467 e. The second-order valence-corrected chi connectivity index (χ2v) is 13.1. The number of amides is 2. The number of hydrogen-bond donors (Lipinski definition) is 1. The number of aromatic nitrogens is 1. The van der Waals surface area contributed by atoms with Gasteiger partial charge in [0.15, 0.2) is 0 Å². The number of hydrogen-bond acceptors (Lipinski definition) is 11. The monoisotopic (exact) mass is 642 g/mol. The Kier molecular flexibility index (Phi) is 11.6. The molecule has 0 radical (unpaired) electrons. The van der Waals surface area contributed by atoms with Crippen molar-refractivity contribution in [3.8, 4) is 11.3 Å². The summed E-state index contributed by atoms with van der Waals surface area (Å²) in [6.45, 7) is 11.5. The lowest BCUT2D eigenvalue weighted by Crippen LogP contribution is -2.46. The maximum atomic E-state index is 13.8. The van der Waals surface area contributed by atoms with Gasteiger partial charge in [0.05, 0.1) is 23.8 Å². The van der Waals surface area contributed by atoms with Crippen molar-refractivity contribution in [1.82, 2.24) is 15.2 Å². The molecule has 0 unspecified atom stereocenters. The van der Waals surface area contributed by atoms with E-state index < -0.39 is 46.4 Å². The van der Waals surface area contributed by atoms with Crippen LogP contribution in [0.5, 0.6) is 0 Å². The Hall–Kier alpha value is -4.46. The average Bonchev–Trinajstić information content (AvgIpc) is 3.40. The van der Waals surface area contributed by atoms with Crippen LogP contribution in [0.2, 0.25) is 0 Å². The summed E-state index contributed by atoms with van der Waals surface area (Å²) < 4.78 is 16.3.